The van der Waals surface area contributed by atoms with Crippen molar-refractivity contribution in [1.29, 1.82) is 0 Å². The number of carbonyl (C=O) groups is 1. The van der Waals surface area contributed by atoms with E-state index in [1.54, 1.807) is 5.94 Å². The van der Waals surface area contributed by atoms with Crippen molar-refractivity contribution in [2.75, 3.05) is 0 Å². The second-order valence-corrected chi connectivity index (χ2v) is 4.68. The van der Waals surface area contributed by atoms with Gasteiger partial charge in [0.25, 0.3) is 0 Å². The Kier molecular flexibility index (Phi) is 3.12. The van der Waals surface area contributed by atoms with Crippen LogP contribution in [-0.2, 0) is 14.3 Å². The Morgan fingerprint density at radius 1 is 1.50 bits per heavy atom. The van der Waals surface area contributed by atoms with Crippen LogP contribution >= 0.6 is 0 Å². The van der Waals surface area contributed by atoms with E-state index >= 15 is 0 Å². The average Bonchev–Trinajstić information content (AvgIpc) is 2.78. The highest BCUT2D eigenvalue weighted by molar-refractivity contribution is 5.78. The minimum absolute atomic E-state index is 0.297. The van der Waals surface area contributed by atoms with Crippen LogP contribution in [0, 0.1) is 11.8 Å². The van der Waals surface area contributed by atoms with E-state index in [1.165, 1.54) is 6.08 Å². The maximum absolute atomic E-state index is 11.6. The minimum Gasteiger partial charge on any atom is -0.459 e. The first-order chi connectivity index (χ1) is 6.44. The molecular weight excluding hydrogens is 180 g/mol. The molecule has 0 amide bonds. The largest absolute Gasteiger partial charge is 0.459 e. The molecule has 1 rings (SSSR count). The van der Waals surface area contributed by atoms with Crippen molar-refractivity contribution in [1.82, 2.24) is 0 Å². The number of esters is 1. The molecule has 0 aromatic rings. The average molecular weight is 196 g/mol. The van der Waals surface area contributed by atoms with E-state index in [0.29, 0.717) is 5.92 Å². The quantitative estimate of drug-likeness (QED) is 0.510. The van der Waals surface area contributed by atoms with Crippen molar-refractivity contribution in [3.8, 4) is 0 Å². The Bertz CT molecular complexity index is 265. The highest BCUT2D eigenvalue weighted by Crippen LogP contribution is 2.38. The molecule has 1 saturated carbocycles. The first kappa shape index (κ1) is 11.0. The van der Waals surface area contributed by atoms with Crippen LogP contribution < -0.4 is 0 Å². The minimum atomic E-state index is -0.485. The van der Waals surface area contributed by atoms with Crippen molar-refractivity contribution < 1.29 is 14.3 Å². The Morgan fingerprint density at radius 2 is 2.07 bits per heavy atom. The molecule has 1 unspecified atom stereocenters. The SMILES string of the molecule is CC(C)(C)OC(=O)C(C=C=O)C1CC1. The zero-order chi connectivity index (χ0) is 10.8. The third-order valence-corrected chi connectivity index (χ3v) is 2.06. The van der Waals surface area contributed by atoms with Gasteiger partial charge < -0.3 is 4.74 Å². The predicted octanol–water partition coefficient (Wildman–Crippen LogP) is 1.74. The van der Waals surface area contributed by atoms with E-state index in [2.05, 4.69) is 0 Å². The summed E-state index contributed by atoms with van der Waals surface area (Å²) < 4.78 is 5.20. The van der Waals surface area contributed by atoms with E-state index < -0.39 is 5.60 Å². The van der Waals surface area contributed by atoms with Crippen LogP contribution in [0.5, 0.6) is 0 Å². The summed E-state index contributed by atoms with van der Waals surface area (Å²) in [6.07, 6.45) is 3.29. The first-order valence-corrected chi connectivity index (χ1v) is 4.88. The van der Waals surface area contributed by atoms with Crippen molar-refractivity contribution >= 4 is 11.9 Å². The summed E-state index contributed by atoms with van der Waals surface area (Å²) in [4.78, 5) is 21.8. The van der Waals surface area contributed by atoms with E-state index in [-0.39, 0.29) is 11.9 Å². The van der Waals surface area contributed by atoms with Gasteiger partial charge in [-0.15, -0.1) is 0 Å². The van der Waals surface area contributed by atoms with Gasteiger partial charge in [0.05, 0.1) is 5.92 Å². The van der Waals surface area contributed by atoms with Gasteiger partial charge in [-0.1, -0.05) is 0 Å². The molecule has 14 heavy (non-hydrogen) atoms. The van der Waals surface area contributed by atoms with Gasteiger partial charge in [0.15, 0.2) is 0 Å². The van der Waals surface area contributed by atoms with Crippen LogP contribution in [0.25, 0.3) is 0 Å². The second-order valence-electron chi connectivity index (χ2n) is 4.68. The van der Waals surface area contributed by atoms with Gasteiger partial charge in [0, 0.05) is 6.08 Å². The molecule has 0 bridgehead atoms. The molecule has 0 N–H and O–H groups in total. The molecule has 3 heteroatoms. The second kappa shape index (κ2) is 3.97. The summed E-state index contributed by atoms with van der Waals surface area (Å²) in [6, 6.07) is 0. The van der Waals surface area contributed by atoms with Gasteiger partial charge in [-0.2, -0.15) is 0 Å². The topological polar surface area (TPSA) is 43.4 Å². The molecule has 1 fully saturated rings. The Hall–Kier alpha value is -1.08. The van der Waals surface area contributed by atoms with E-state index in [0.717, 1.165) is 12.8 Å². The van der Waals surface area contributed by atoms with Gasteiger partial charge in [-0.25, -0.2) is 4.79 Å². The highest BCUT2D eigenvalue weighted by atomic mass is 16.6. The van der Waals surface area contributed by atoms with Crippen molar-refractivity contribution in [2.24, 2.45) is 11.8 Å². The van der Waals surface area contributed by atoms with E-state index in [9.17, 15) is 9.59 Å². The molecule has 1 aliphatic rings. The fourth-order valence-corrected chi connectivity index (χ4v) is 1.30. The molecule has 0 aromatic carbocycles. The Labute approximate surface area is 84.1 Å². The number of carbonyl (C=O) groups excluding carboxylic acids is 2. The fraction of sp³-hybridized carbons (Fsp3) is 0.727. The number of hydrogen-bond donors (Lipinski definition) is 0. The van der Waals surface area contributed by atoms with E-state index in [4.69, 9.17) is 4.74 Å². The molecule has 0 heterocycles. The van der Waals surface area contributed by atoms with Crippen LogP contribution in [0.2, 0.25) is 0 Å². The lowest BCUT2D eigenvalue weighted by Crippen LogP contribution is -2.28. The lowest BCUT2D eigenvalue weighted by atomic mass is 10.0. The smallest absolute Gasteiger partial charge is 0.314 e. The number of ether oxygens (including phenoxy) is 1. The molecule has 0 radical (unpaired) electrons. The summed E-state index contributed by atoms with van der Waals surface area (Å²) in [7, 11) is 0. The molecule has 0 aliphatic heterocycles. The summed E-state index contributed by atoms with van der Waals surface area (Å²) in [5.74, 6) is 1.29. The third-order valence-electron chi connectivity index (χ3n) is 2.06. The number of rotatable bonds is 3. The van der Waals surface area contributed by atoms with Crippen LogP contribution in [0.3, 0.4) is 0 Å². The Morgan fingerprint density at radius 3 is 2.43 bits per heavy atom. The standard InChI is InChI=1S/C11H16O3/c1-11(2,3)14-10(13)9(6-7-12)8-4-5-8/h6,8-9H,4-5H2,1-3H3. The first-order valence-electron chi connectivity index (χ1n) is 4.88. The van der Waals surface area contributed by atoms with Crippen LogP contribution in [0.15, 0.2) is 6.08 Å². The van der Waals surface area contributed by atoms with E-state index in [1.807, 2.05) is 20.8 Å². The molecule has 0 aromatic heterocycles. The normalized spacial score (nSPS) is 18.2. The van der Waals surface area contributed by atoms with Crippen molar-refractivity contribution in [2.45, 2.75) is 39.2 Å². The molecule has 3 nitrogen and oxygen atoms in total. The van der Waals surface area contributed by atoms with Gasteiger partial charge in [0.1, 0.15) is 11.5 Å². The maximum atomic E-state index is 11.6. The third kappa shape index (κ3) is 3.35. The van der Waals surface area contributed by atoms with Gasteiger partial charge in [-0.05, 0) is 39.5 Å². The van der Waals surface area contributed by atoms with Crippen LogP contribution in [0.1, 0.15) is 33.6 Å². The summed E-state index contributed by atoms with van der Waals surface area (Å²) in [5.41, 5.74) is -0.485. The lowest BCUT2D eigenvalue weighted by molar-refractivity contribution is -0.158. The summed E-state index contributed by atoms with van der Waals surface area (Å²) in [5, 5.41) is 0. The van der Waals surface area contributed by atoms with Gasteiger partial charge in [-0.3, -0.25) is 4.79 Å². The maximum Gasteiger partial charge on any atom is 0.314 e. The molecular formula is C11H16O3. The lowest BCUT2D eigenvalue weighted by Gasteiger charge is -2.22. The molecule has 1 aliphatic carbocycles. The van der Waals surface area contributed by atoms with Gasteiger partial charge in [0.2, 0.25) is 0 Å². The molecule has 78 valence electrons. The fourth-order valence-electron chi connectivity index (χ4n) is 1.30. The Balaban J connectivity index is 2.59. The highest BCUT2D eigenvalue weighted by Gasteiger charge is 2.37. The number of hydrogen-bond acceptors (Lipinski definition) is 3. The van der Waals surface area contributed by atoms with Crippen LogP contribution in [0.4, 0.5) is 0 Å². The predicted molar refractivity (Wildman–Crippen MR) is 52.3 cm³/mol. The monoisotopic (exact) mass is 196 g/mol. The molecule has 0 spiro atoms. The van der Waals surface area contributed by atoms with Gasteiger partial charge >= 0.3 is 5.97 Å². The van der Waals surface area contributed by atoms with Crippen molar-refractivity contribution in [3.63, 3.8) is 0 Å². The molecule has 0 saturated heterocycles. The van der Waals surface area contributed by atoms with Crippen molar-refractivity contribution in [3.05, 3.63) is 6.08 Å². The summed E-state index contributed by atoms with van der Waals surface area (Å²) >= 11 is 0. The zero-order valence-electron chi connectivity index (χ0n) is 8.87. The van der Waals surface area contributed by atoms with Crippen LogP contribution in [-0.4, -0.2) is 17.5 Å². The summed E-state index contributed by atoms with van der Waals surface area (Å²) in [6.45, 7) is 5.46. The molecule has 1 atom stereocenters. The zero-order valence-corrected chi connectivity index (χ0v) is 8.87.